The highest BCUT2D eigenvalue weighted by Gasteiger charge is 2.18. The number of fused-ring (bicyclic) bond motifs is 1. The number of carbonyl (C=O) groups excluding carboxylic acids is 1. The number of aromatic nitrogens is 4. The smallest absolute Gasteiger partial charge is 0.322 e. The topological polar surface area (TPSA) is 78.9 Å². The van der Waals surface area contributed by atoms with Crippen molar-refractivity contribution in [3.8, 4) is 0 Å². The first-order chi connectivity index (χ1) is 11.4. The van der Waals surface area contributed by atoms with Gasteiger partial charge in [-0.3, -0.25) is 13.9 Å². The molecule has 0 atom stereocenters. The molecule has 2 aromatic rings. The van der Waals surface area contributed by atoms with Gasteiger partial charge < -0.3 is 9.36 Å². The molecule has 2 heterocycles. The largest absolute Gasteiger partial charge is 0.332 e. The van der Waals surface area contributed by atoms with Crippen LogP contribution in [0.2, 0.25) is 0 Å². The highest BCUT2D eigenvalue weighted by molar-refractivity contribution is 5.75. The monoisotopic (exact) mass is 334 g/mol. The van der Waals surface area contributed by atoms with E-state index >= 15 is 0 Å². The summed E-state index contributed by atoms with van der Waals surface area (Å²) >= 11 is 0. The van der Waals surface area contributed by atoms with Crippen LogP contribution in [0, 0.1) is 6.92 Å². The number of Topliss-reactive ketones (excluding diaryl/α,β-unsaturated/α-hetero) is 1. The molecule has 0 aliphatic heterocycles. The maximum Gasteiger partial charge on any atom is 0.332 e. The van der Waals surface area contributed by atoms with Gasteiger partial charge in [-0.05, 0) is 33.1 Å². The predicted octanol–water partition coefficient (Wildman–Crippen LogP) is 1.76. The average molecular weight is 334 g/mol. The van der Waals surface area contributed by atoms with Crippen molar-refractivity contribution in [1.82, 2.24) is 18.7 Å². The zero-order valence-electron chi connectivity index (χ0n) is 15.0. The number of carbonyl (C=O) groups is 1. The van der Waals surface area contributed by atoms with E-state index in [0.717, 1.165) is 25.2 Å². The lowest BCUT2D eigenvalue weighted by molar-refractivity contribution is -0.117. The van der Waals surface area contributed by atoms with Crippen molar-refractivity contribution in [1.29, 1.82) is 0 Å². The molecule has 0 aliphatic rings. The van der Waals surface area contributed by atoms with Gasteiger partial charge in [0.1, 0.15) is 11.6 Å². The summed E-state index contributed by atoms with van der Waals surface area (Å²) in [5.41, 5.74) is 0.302. The van der Waals surface area contributed by atoms with Crippen LogP contribution in [0.5, 0.6) is 0 Å². The Kier molecular flexibility index (Phi) is 5.75. The third-order valence-electron chi connectivity index (χ3n) is 4.32. The first kappa shape index (κ1) is 18.2. The fraction of sp³-hybridized carbons (Fsp3) is 0.647. The lowest BCUT2D eigenvalue weighted by Crippen LogP contribution is -2.39. The molecular weight excluding hydrogens is 308 g/mol. The Labute approximate surface area is 140 Å². The molecule has 132 valence electrons. The van der Waals surface area contributed by atoms with Crippen LogP contribution in [0.25, 0.3) is 11.2 Å². The summed E-state index contributed by atoms with van der Waals surface area (Å²) in [6, 6.07) is 0. The molecule has 2 rings (SSSR count). The Balaban J connectivity index is 2.46. The molecule has 7 nitrogen and oxygen atoms in total. The summed E-state index contributed by atoms with van der Waals surface area (Å²) in [6.45, 7) is 6.55. The lowest BCUT2D eigenvalue weighted by atomic mass is 10.2. The lowest BCUT2D eigenvalue weighted by Gasteiger charge is -2.10. The number of nitrogens with zero attached hydrogens (tertiary/aromatic N) is 4. The molecule has 0 saturated carbocycles. The molecule has 0 aliphatic carbocycles. The highest BCUT2D eigenvalue weighted by Crippen LogP contribution is 2.12. The van der Waals surface area contributed by atoms with Crippen molar-refractivity contribution in [2.24, 2.45) is 7.05 Å². The van der Waals surface area contributed by atoms with Gasteiger partial charge in [-0.1, -0.05) is 13.3 Å². The van der Waals surface area contributed by atoms with Crippen molar-refractivity contribution in [3.63, 3.8) is 0 Å². The Morgan fingerprint density at radius 3 is 2.38 bits per heavy atom. The Bertz CT molecular complexity index is 857. The van der Waals surface area contributed by atoms with Gasteiger partial charge in [-0.2, -0.15) is 0 Å². The number of hydrogen-bond donors (Lipinski definition) is 0. The molecule has 0 spiro atoms. The molecule has 0 N–H and O–H groups in total. The van der Waals surface area contributed by atoms with Crippen LogP contribution in [0.4, 0.5) is 0 Å². The van der Waals surface area contributed by atoms with Gasteiger partial charge in [0.2, 0.25) is 0 Å². The van der Waals surface area contributed by atoms with Crippen LogP contribution in [0.1, 0.15) is 51.8 Å². The quantitative estimate of drug-likeness (QED) is 0.689. The van der Waals surface area contributed by atoms with Crippen LogP contribution in [0.15, 0.2) is 9.59 Å². The Morgan fingerprint density at radius 2 is 1.75 bits per heavy atom. The SMILES string of the molecule is CCCCn1c(C)nc2c1c(=O)n(CCCCC(C)=O)c(=O)n2C. The number of rotatable bonds is 8. The number of aryl methyl sites for hydroxylation is 3. The standard InChI is InChI=1S/C17H26N4O3/c1-5-6-10-20-13(3)18-15-14(20)16(23)21(17(24)19(15)4)11-8-7-9-12(2)22/h5-11H2,1-4H3. The number of imidazole rings is 1. The number of ketones is 1. The maximum absolute atomic E-state index is 12.8. The third kappa shape index (κ3) is 3.49. The van der Waals surface area contributed by atoms with E-state index < -0.39 is 0 Å². The molecule has 0 radical (unpaired) electrons. The fourth-order valence-corrected chi connectivity index (χ4v) is 2.91. The van der Waals surface area contributed by atoms with Gasteiger partial charge >= 0.3 is 5.69 Å². The van der Waals surface area contributed by atoms with Crippen LogP contribution >= 0.6 is 0 Å². The summed E-state index contributed by atoms with van der Waals surface area (Å²) in [5.74, 6) is 0.874. The van der Waals surface area contributed by atoms with E-state index in [4.69, 9.17) is 0 Å². The van der Waals surface area contributed by atoms with Crippen LogP contribution in [-0.4, -0.2) is 24.5 Å². The number of unbranched alkanes of at least 4 members (excludes halogenated alkanes) is 2. The third-order valence-corrected chi connectivity index (χ3v) is 4.32. The number of hydrogen-bond acceptors (Lipinski definition) is 4. The first-order valence-corrected chi connectivity index (χ1v) is 8.54. The second kappa shape index (κ2) is 7.59. The van der Waals surface area contributed by atoms with Gasteiger partial charge in [0, 0.05) is 26.6 Å². The Morgan fingerprint density at radius 1 is 1.08 bits per heavy atom. The second-order valence-electron chi connectivity index (χ2n) is 6.29. The van der Waals surface area contributed by atoms with Gasteiger partial charge in [0.05, 0.1) is 0 Å². The first-order valence-electron chi connectivity index (χ1n) is 8.54. The van der Waals surface area contributed by atoms with Crippen molar-refractivity contribution >= 4 is 16.9 Å². The van der Waals surface area contributed by atoms with Crippen LogP contribution in [0.3, 0.4) is 0 Å². The molecule has 0 unspecified atom stereocenters. The summed E-state index contributed by atoms with van der Waals surface area (Å²) in [5, 5.41) is 0. The van der Waals surface area contributed by atoms with E-state index in [2.05, 4.69) is 11.9 Å². The molecule has 24 heavy (non-hydrogen) atoms. The van der Waals surface area contributed by atoms with Crippen molar-refractivity contribution in [2.75, 3.05) is 0 Å². The van der Waals surface area contributed by atoms with Gasteiger partial charge in [0.15, 0.2) is 11.2 Å². The maximum atomic E-state index is 12.8. The zero-order chi connectivity index (χ0) is 17.9. The van der Waals surface area contributed by atoms with Gasteiger partial charge in [-0.25, -0.2) is 9.78 Å². The van der Waals surface area contributed by atoms with Crippen molar-refractivity contribution < 1.29 is 4.79 Å². The van der Waals surface area contributed by atoms with E-state index in [0.29, 0.717) is 37.0 Å². The van der Waals surface area contributed by atoms with E-state index in [9.17, 15) is 14.4 Å². The van der Waals surface area contributed by atoms with Gasteiger partial charge in [0.25, 0.3) is 5.56 Å². The minimum Gasteiger partial charge on any atom is -0.322 e. The molecule has 0 saturated heterocycles. The Hall–Kier alpha value is -2.18. The summed E-state index contributed by atoms with van der Waals surface area (Å²) < 4.78 is 4.62. The minimum atomic E-state index is -0.351. The van der Waals surface area contributed by atoms with Crippen molar-refractivity contribution in [2.45, 2.75) is 66.0 Å². The van der Waals surface area contributed by atoms with Crippen molar-refractivity contribution in [3.05, 3.63) is 26.7 Å². The highest BCUT2D eigenvalue weighted by atomic mass is 16.2. The fourth-order valence-electron chi connectivity index (χ4n) is 2.91. The molecule has 0 bridgehead atoms. The molecule has 0 fully saturated rings. The predicted molar refractivity (Wildman–Crippen MR) is 93.4 cm³/mol. The average Bonchev–Trinajstić information content (AvgIpc) is 2.86. The summed E-state index contributed by atoms with van der Waals surface area (Å²) in [6.07, 6.45) is 3.75. The molecule has 0 aromatic carbocycles. The van der Waals surface area contributed by atoms with E-state index in [1.54, 1.807) is 14.0 Å². The zero-order valence-corrected chi connectivity index (χ0v) is 15.0. The van der Waals surface area contributed by atoms with Crippen LogP contribution in [-0.2, 0) is 24.9 Å². The van der Waals surface area contributed by atoms with E-state index in [1.165, 1.54) is 9.13 Å². The molecule has 2 aromatic heterocycles. The molecule has 0 amide bonds. The van der Waals surface area contributed by atoms with Gasteiger partial charge in [-0.15, -0.1) is 0 Å². The van der Waals surface area contributed by atoms with E-state index in [-0.39, 0.29) is 17.0 Å². The molecular formula is C17H26N4O3. The summed E-state index contributed by atoms with van der Waals surface area (Å²) in [4.78, 5) is 40.8. The minimum absolute atomic E-state index is 0.124. The normalized spacial score (nSPS) is 11.3. The van der Waals surface area contributed by atoms with E-state index in [1.807, 2.05) is 11.5 Å². The van der Waals surface area contributed by atoms with Crippen LogP contribution < -0.4 is 11.2 Å². The second-order valence-corrected chi connectivity index (χ2v) is 6.29. The summed E-state index contributed by atoms with van der Waals surface area (Å²) in [7, 11) is 1.65. The molecule has 7 heteroatoms.